The molecule has 0 amide bonds. The minimum atomic E-state index is -0.250. The van der Waals surface area contributed by atoms with Crippen molar-refractivity contribution in [3.8, 4) is 5.88 Å². The number of hydrogen-bond acceptors (Lipinski definition) is 3. The zero-order valence-corrected chi connectivity index (χ0v) is 10.5. The maximum atomic E-state index is 8.36. The van der Waals surface area contributed by atoms with Crippen molar-refractivity contribution in [1.29, 1.82) is 0 Å². The molecule has 0 aromatic carbocycles. The molecule has 0 aliphatic heterocycles. The van der Waals surface area contributed by atoms with E-state index in [-0.39, 0.29) is 6.47 Å². The Hall–Kier alpha value is -2.04. The van der Waals surface area contributed by atoms with Crippen LogP contribution < -0.4 is 4.74 Å². The highest BCUT2D eigenvalue weighted by molar-refractivity contribution is 5.53. The molecule has 96 valence electrons. The van der Waals surface area contributed by atoms with Crippen LogP contribution in [0.5, 0.6) is 5.88 Å². The van der Waals surface area contributed by atoms with E-state index in [9.17, 15) is 0 Å². The first-order chi connectivity index (χ1) is 8.69. The first kappa shape index (κ1) is 12.4. The van der Waals surface area contributed by atoms with Gasteiger partial charge in [0.2, 0.25) is 5.88 Å². The Morgan fingerprint density at radius 2 is 2.11 bits per heavy atom. The van der Waals surface area contributed by atoms with Crippen LogP contribution in [0.4, 0.5) is 0 Å². The quantitative estimate of drug-likeness (QED) is 0.828. The lowest BCUT2D eigenvalue weighted by Crippen LogP contribution is -1.96. The Morgan fingerprint density at radius 1 is 1.44 bits per heavy atom. The Morgan fingerprint density at radius 3 is 2.67 bits per heavy atom. The summed E-state index contributed by atoms with van der Waals surface area (Å²) in [5, 5.41) is 11.5. The number of pyridine rings is 1. The average molecular weight is 248 g/mol. The van der Waals surface area contributed by atoms with E-state index in [1.165, 1.54) is 24.1 Å². The van der Waals surface area contributed by atoms with Gasteiger partial charge in [0.1, 0.15) is 0 Å². The van der Waals surface area contributed by atoms with Crippen LogP contribution >= 0.6 is 0 Å². The number of methoxy groups -OCH3 is 1. The van der Waals surface area contributed by atoms with Gasteiger partial charge < -0.3 is 9.84 Å². The zero-order chi connectivity index (χ0) is 13.1. The van der Waals surface area contributed by atoms with Crippen molar-refractivity contribution in [1.82, 2.24) is 9.61 Å². The van der Waals surface area contributed by atoms with Crippen LogP contribution in [-0.4, -0.2) is 28.3 Å². The van der Waals surface area contributed by atoms with Crippen LogP contribution in [-0.2, 0) is 4.79 Å². The molecular formula is C13H16N2O3. The highest BCUT2D eigenvalue weighted by Crippen LogP contribution is 2.39. The summed E-state index contributed by atoms with van der Waals surface area (Å²) in [6.45, 7) is 1.83. The van der Waals surface area contributed by atoms with Gasteiger partial charge in [-0.05, 0) is 37.5 Å². The third kappa shape index (κ3) is 2.45. The van der Waals surface area contributed by atoms with Gasteiger partial charge in [-0.3, -0.25) is 4.79 Å². The molecule has 1 aliphatic carbocycles. The smallest absolute Gasteiger partial charge is 0.290 e. The van der Waals surface area contributed by atoms with E-state index in [0.717, 1.165) is 11.4 Å². The molecule has 0 spiro atoms. The molecule has 0 atom stereocenters. The molecule has 1 aliphatic rings. The first-order valence-electron chi connectivity index (χ1n) is 5.81. The molecule has 1 saturated carbocycles. The van der Waals surface area contributed by atoms with E-state index >= 15 is 0 Å². The second-order valence-corrected chi connectivity index (χ2v) is 4.36. The van der Waals surface area contributed by atoms with E-state index in [0.29, 0.717) is 5.92 Å². The van der Waals surface area contributed by atoms with Gasteiger partial charge in [0.05, 0.1) is 18.3 Å². The standard InChI is InChI=1S/C12H14N2O.CH2O2/c1-8-5-10-7-11(9-3-4-9)13-14(10)12(6-8)15-2;2-1-3/h5-7,9H,3-4H2,1-2H3;1H,(H,2,3). The molecular weight excluding hydrogens is 232 g/mol. The second kappa shape index (κ2) is 5.08. The zero-order valence-electron chi connectivity index (χ0n) is 10.5. The molecule has 18 heavy (non-hydrogen) atoms. The van der Waals surface area contributed by atoms with Crippen LogP contribution in [0.15, 0.2) is 18.2 Å². The fraction of sp³-hybridized carbons (Fsp3) is 0.385. The monoisotopic (exact) mass is 248 g/mol. The number of ether oxygens (including phenoxy) is 1. The number of rotatable bonds is 2. The number of aryl methyl sites for hydroxylation is 1. The topological polar surface area (TPSA) is 63.8 Å². The molecule has 5 heteroatoms. The number of carboxylic acid groups (broad SMARTS) is 1. The van der Waals surface area contributed by atoms with Crippen molar-refractivity contribution in [3.05, 3.63) is 29.5 Å². The van der Waals surface area contributed by atoms with Crippen molar-refractivity contribution in [2.24, 2.45) is 0 Å². The summed E-state index contributed by atoms with van der Waals surface area (Å²) in [6.07, 6.45) is 2.57. The van der Waals surface area contributed by atoms with E-state index < -0.39 is 0 Å². The minimum absolute atomic E-state index is 0.250. The molecule has 3 rings (SSSR count). The Kier molecular flexibility index (Phi) is 3.50. The van der Waals surface area contributed by atoms with Crippen molar-refractivity contribution >= 4 is 12.0 Å². The van der Waals surface area contributed by atoms with Gasteiger partial charge in [-0.25, -0.2) is 4.52 Å². The summed E-state index contributed by atoms with van der Waals surface area (Å²) >= 11 is 0. The Labute approximate surface area is 105 Å². The maximum absolute atomic E-state index is 8.36. The van der Waals surface area contributed by atoms with E-state index in [1.807, 2.05) is 10.6 Å². The normalized spacial score (nSPS) is 13.9. The third-order valence-corrected chi connectivity index (χ3v) is 2.90. The van der Waals surface area contributed by atoms with Gasteiger partial charge >= 0.3 is 0 Å². The summed E-state index contributed by atoms with van der Waals surface area (Å²) < 4.78 is 7.21. The van der Waals surface area contributed by atoms with E-state index in [1.54, 1.807) is 7.11 Å². The van der Waals surface area contributed by atoms with Crippen molar-refractivity contribution in [2.45, 2.75) is 25.7 Å². The number of carbonyl (C=O) groups is 1. The van der Waals surface area contributed by atoms with Crippen LogP contribution in [0.3, 0.4) is 0 Å². The number of nitrogens with zero attached hydrogens (tertiary/aromatic N) is 2. The number of aromatic nitrogens is 2. The van der Waals surface area contributed by atoms with Gasteiger partial charge in [-0.1, -0.05) is 0 Å². The Bertz CT molecular complexity index is 559. The molecule has 2 aromatic rings. The molecule has 1 N–H and O–H groups in total. The first-order valence-corrected chi connectivity index (χ1v) is 5.81. The number of hydrogen-bond donors (Lipinski definition) is 1. The average Bonchev–Trinajstić information content (AvgIpc) is 3.10. The number of fused-ring (bicyclic) bond motifs is 1. The van der Waals surface area contributed by atoms with Crippen LogP contribution in [0.25, 0.3) is 5.52 Å². The molecule has 0 saturated heterocycles. The molecule has 1 fully saturated rings. The molecule has 0 bridgehead atoms. The fourth-order valence-electron chi connectivity index (χ4n) is 1.95. The van der Waals surface area contributed by atoms with Crippen molar-refractivity contribution in [3.63, 3.8) is 0 Å². The molecule has 2 aromatic heterocycles. The fourth-order valence-corrected chi connectivity index (χ4v) is 1.95. The Balaban J connectivity index is 0.000000367. The molecule has 0 unspecified atom stereocenters. The van der Waals surface area contributed by atoms with Gasteiger partial charge in [0.15, 0.2) is 0 Å². The van der Waals surface area contributed by atoms with Crippen LogP contribution in [0.1, 0.15) is 30.0 Å². The lowest BCUT2D eigenvalue weighted by molar-refractivity contribution is -0.122. The van der Waals surface area contributed by atoms with E-state index in [4.69, 9.17) is 14.6 Å². The van der Waals surface area contributed by atoms with Crippen LogP contribution in [0, 0.1) is 6.92 Å². The molecule has 0 radical (unpaired) electrons. The third-order valence-electron chi connectivity index (χ3n) is 2.90. The predicted molar refractivity (Wildman–Crippen MR) is 67.1 cm³/mol. The lowest BCUT2D eigenvalue weighted by atomic mass is 10.2. The van der Waals surface area contributed by atoms with Crippen molar-refractivity contribution in [2.75, 3.05) is 7.11 Å². The predicted octanol–water partition coefficient (Wildman–Crippen LogP) is 2.23. The van der Waals surface area contributed by atoms with Gasteiger partial charge in [-0.2, -0.15) is 5.10 Å². The summed E-state index contributed by atoms with van der Waals surface area (Å²) in [5.41, 5.74) is 3.55. The lowest BCUT2D eigenvalue weighted by Gasteiger charge is -2.03. The summed E-state index contributed by atoms with van der Waals surface area (Å²) in [5.74, 6) is 1.51. The van der Waals surface area contributed by atoms with Crippen LogP contribution in [0.2, 0.25) is 0 Å². The van der Waals surface area contributed by atoms with E-state index in [2.05, 4.69) is 24.2 Å². The second-order valence-electron chi connectivity index (χ2n) is 4.36. The summed E-state index contributed by atoms with van der Waals surface area (Å²) in [7, 11) is 1.69. The molecule has 5 nitrogen and oxygen atoms in total. The largest absolute Gasteiger partial charge is 0.483 e. The highest BCUT2D eigenvalue weighted by Gasteiger charge is 2.26. The van der Waals surface area contributed by atoms with Gasteiger partial charge in [-0.15, -0.1) is 0 Å². The van der Waals surface area contributed by atoms with Gasteiger partial charge in [0, 0.05) is 12.0 Å². The highest BCUT2D eigenvalue weighted by atomic mass is 16.5. The summed E-state index contributed by atoms with van der Waals surface area (Å²) in [6, 6.07) is 6.32. The summed E-state index contributed by atoms with van der Waals surface area (Å²) in [4.78, 5) is 8.36. The SMILES string of the molecule is COc1cc(C)cc2cc(C3CC3)nn12.O=CO. The van der Waals surface area contributed by atoms with Gasteiger partial charge in [0.25, 0.3) is 6.47 Å². The van der Waals surface area contributed by atoms with Crippen molar-refractivity contribution < 1.29 is 14.6 Å². The maximum Gasteiger partial charge on any atom is 0.290 e. The molecule has 2 heterocycles. The minimum Gasteiger partial charge on any atom is -0.483 e.